The summed E-state index contributed by atoms with van der Waals surface area (Å²) in [4.78, 5) is 44.6. The number of hydrogen-bond acceptors (Lipinski definition) is 4. The van der Waals surface area contributed by atoms with Gasteiger partial charge in [-0.15, -0.1) is 0 Å². The number of piperidine rings is 1. The number of carbonyl (C=O) groups excluding carboxylic acids is 3. The lowest BCUT2D eigenvalue weighted by Crippen LogP contribution is -2.49. The number of amides is 3. The standard InChI is InChI=1S/C20H18FN3O3/c21-14-5-3-13(4-6-14)12-17(25)23-10-7-15(8-11-23)24-19(26)16-2-1-9-22-18(16)20(24)27/h1-6,9,15H,7-8,10-12H2. The van der Waals surface area contributed by atoms with Crippen molar-refractivity contribution >= 4 is 17.7 Å². The SMILES string of the molecule is O=C(Cc1ccc(F)cc1)N1CCC(N2C(=O)c3cccnc3C2=O)CC1. The van der Waals surface area contributed by atoms with E-state index in [-0.39, 0.29) is 41.7 Å². The van der Waals surface area contributed by atoms with E-state index in [1.807, 2.05) is 0 Å². The van der Waals surface area contributed by atoms with Crippen molar-refractivity contribution in [3.05, 3.63) is 65.2 Å². The Balaban J connectivity index is 1.38. The van der Waals surface area contributed by atoms with Crippen LogP contribution in [-0.4, -0.2) is 51.6 Å². The minimum atomic E-state index is -0.355. The van der Waals surface area contributed by atoms with Gasteiger partial charge in [0.25, 0.3) is 11.8 Å². The molecule has 1 saturated heterocycles. The summed E-state index contributed by atoms with van der Waals surface area (Å²) in [5, 5.41) is 0. The summed E-state index contributed by atoms with van der Waals surface area (Å²) in [6, 6.07) is 8.91. The van der Waals surface area contributed by atoms with Crippen LogP contribution in [0.4, 0.5) is 4.39 Å². The predicted molar refractivity (Wildman–Crippen MR) is 94.4 cm³/mol. The first-order valence-electron chi connectivity index (χ1n) is 8.89. The number of carbonyl (C=O) groups is 3. The van der Waals surface area contributed by atoms with Gasteiger partial charge in [0.05, 0.1) is 12.0 Å². The van der Waals surface area contributed by atoms with E-state index < -0.39 is 0 Å². The Labute approximate surface area is 155 Å². The van der Waals surface area contributed by atoms with E-state index in [1.165, 1.54) is 23.2 Å². The predicted octanol–water partition coefficient (Wildman–Crippen LogP) is 2.05. The molecule has 1 aromatic carbocycles. The molecule has 0 unspecified atom stereocenters. The Morgan fingerprint density at radius 1 is 1.07 bits per heavy atom. The molecule has 1 aromatic heterocycles. The largest absolute Gasteiger partial charge is 0.342 e. The first-order chi connectivity index (χ1) is 13.0. The highest BCUT2D eigenvalue weighted by atomic mass is 19.1. The maximum absolute atomic E-state index is 13.0. The second-order valence-corrected chi connectivity index (χ2v) is 6.80. The van der Waals surface area contributed by atoms with Crippen LogP contribution in [0.5, 0.6) is 0 Å². The van der Waals surface area contributed by atoms with Gasteiger partial charge < -0.3 is 4.90 Å². The molecule has 6 nitrogen and oxygen atoms in total. The summed E-state index contributed by atoms with van der Waals surface area (Å²) in [5.74, 6) is -1.03. The Bertz CT molecular complexity index is 870. The second kappa shape index (κ2) is 6.90. The maximum atomic E-state index is 13.0. The average molecular weight is 367 g/mol. The topological polar surface area (TPSA) is 70.6 Å². The molecule has 2 aliphatic rings. The third-order valence-electron chi connectivity index (χ3n) is 5.13. The van der Waals surface area contributed by atoms with Gasteiger partial charge >= 0.3 is 0 Å². The van der Waals surface area contributed by atoms with Crippen LogP contribution in [0.25, 0.3) is 0 Å². The number of imide groups is 1. The Morgan fingerprint density at radius 3 is 2.44 bits per heavy atom. The van der Waals surface area contributed by atoms with Gasteiger partial charge in [0.15, 0.2) is 0 Å². The first-order valence-corrected chi connectivity index (χ1v) is 8.89. The van der Waals surface area contributed by atoms with Gasteiger partial charge in [0.1, 0.15) is 11.5 Å². The number of aromatic nitrogens is 1. The van der Waals surface area contributed by atoms with Crippen molar-refractivity contribution in [1.29, 1.82) is 0 Å². The van der Waals surface area contributed by atoms with E-state index in [2.05, 4.69) is 4.98 Å². The minimum Gasteiger partial charge on any atom is -0.342 e. The third kappa shape index (κ3) is 3.20. The lowest BCUT2D eigenvalue weighted by molar-refractivity contribution is -0.131. The maximum Gasteiger partial charge on any atom is 0.280 e. The van der Waals surface area contributed by atoms with E-state index in [1.54, 1.807) is 29.2 Å². The number of nitrogens with zero attached hydrogens (tertiary/aromatic N) is 3. The van der Waals surface area contributed by atoms with E-state index in [0.717, 1.165) is 5.56 Å². The van der Waals surface area contributed by atoms with Crippen LogP contribution in [-0.2, 0) is 11.2 Å². The van der Waals surface area contributed by atoms with Crippen LogP contribution in [0.15, 0.2) is 42.6 Å². The van der Waals surface area contributed by atoms with Gasteiger partial charge in [-0.1, -0.05) is 12.1 Å². The molecule has 4 rings (SSSR count). The second-order valence-electron chi connectivity index (χ2n) is 6.80. The van der Waals surface area contributed by atoms with E-state index >= 15 is 0 Å². The summed E-state index contributed by atoms with van der Waals surface area (Å²) in [7, 11) is 0. The molecule has 138 valence electrons. The number of fused-ring (bicyclic) bond motifs is 1. The van der Waals surface area contributed by atoms with E-state index in [9.17, 15) is 18.8 Å². The molecule has 1 fully saturated rings. The molecule has 3 heterocycles. The van der Waals surface area contributed by atoms with E-state index in [0.29, 0.717) is 31.5 Å². The van der Waals surface area contributed by atoms with Gasteiger partial charge in [0.2, 0.25) is 5.91 Å². The lowest BCUT2D eigenvalue weighted by Gasteiger charge is -2.35. The molecule has 27 heavy (non-hydrogen) atoms. The van der Waals surface area contributed by atoms with Gasteiger partial charge in [-0.25, -0.2) is 4.39 Å². The molecule has 0 aliphatic carbocycles. The molecule has 7 heteroatoms. The highest BCUT2D eigenvalue weighted by Crippen LogP contribution is 2.27. The minimum absolute atomic E-state index is 0.0379. The number of rotatable bonds is 3. The average Bonchev–Trinajstić information content (AvgIpc) is 2.95. The Kier molecular flexibility index (Phi) is 4.43. The number of pyridine rings is 1. The van der Waals surface area contributed by atoms with Crippen LogP contribution in [0, 0.1) is 5.82 Å². The van der Waals surface area contributed by atoms with Crippen LogP contribution in [0.2, 0.25) is 0 Å². The molecule has 0 saturated carbocycles. The zero-order valence-electron chi connectivity index (χ0n) is 14.6. The molecular weight excluding hydrogens is 349 g/mol. The quantitative estimate of drug-likeness (QED) is 0.779. The number of likely N-dealkylation sites (tertiary alicyclic amines) is 1. The molecule has 3 amide bonds. The fourth-order valence-corrected chi connectivity index (χ4v) is 3.68. The molecule has 2 aromatic rings. The van der Waals surface area contributed by atoms with Crippen molar-refractivity contribution in [2.45, 2.75) is 25.3 Å². The van der Waals surface area contributed by atoms with Crippen molar-refractivity contribution in [1.82, 2.24) is 14.8 Å². The zero-order chi connectivity index (χ0) is 19.0. The van der Waals surface area contributed by atoms with Crippen LogP contribution in [0.3, 0.4) is 0 Å². The van der Waals surface area contributed by atoms with Crippen LogP contribution in [0.1, 0.15) is 39.3 Å². The fraction of sp³-hybridized carbons (Fsp3) is 0.300. The molecule has 2 aliphatic heterocycles. The van der Waals surface area contributed by atoms with Gasteiger partial charge in [0, 0.05) is 25.3 Å². The highest BCUT2D eigenvalue weighted by Gasteiger charge is 2.42. The summed E-state index contributed by atoms with van der Waals surface area (Å²) in [5.41, 5.74) is 1.31. The lowest BCUT2D eigenvalue weighted by atomic mass is 10.0. The molecule has 0 N–H and O–H groups in total. The number of hydrogen-bond donors (Lipinski definition) is 0. The molecule has 0 atom stereocenters. The van der Waals surface area contributed by atoms with Gasteiger partial charge in [-0.05, 0) is 42.7 Å². The summed E-state index contributed by atoms with van der Waals surface area (Å²) in [6.07, 6.45) is 2.80. The van der Waals surface area contributed by atoms with Crippen molar-refractivity contribution in [3.8, 4) is 0 Å². The van der Waals surface area contributed by atoms with Crippen molar-refractivity contribution in [2.75, 3.05) is 13.1 Å². The first kappa shape index (κ1) is 17.3. The molecule has 0 radical (unpaired) electrons. The monoisotopic (exact) mass is 367 g/mol. The van der Waals surface area contributed by atoms with Crippen LogP contribution < -0.4 is 0 Å². The summed E-state index contributed by atoms with van der Waals surface area (Å²) >= 11 is 0. The molecule has 0 spiro atoms. The van der Waals surface area contributed by atoms with Crippen molar-refractivity contribution in [2.24, 2.45) is 0 Å². The summed E-state index contributed by atoms with van der Waals surface area (Å²) < 4.78 is 13.0. The zero-order valence-corrected chi connectivity index (χ0v) is 14.6. The van der Waals surface area contributed by atoms with Crippen molar-refractivity contribution < 1.29 is 18.8 Å². The summed E-state index contributed by atoms with van der Waals surface area (Å²) in [6.45, 7) is 0.955. The Hall–Kier alpha value is -3.09. The fourth-order valence-electron chi connectivity index (χ4n) is 3.68. The number of benzene rings is 1. The van der Waals surface area contributed by atoms with E-state index in [4.69, 9.17) is 0 Å². The third-order valence-corrected chi connectivity index (χ3v) is 5.13. The van der Waals surface area contributed by atoms with Gasteiger partial charge in [-0.3, -0.25) is 24.3 Å². The molecule has 0 bridgehead atoms. The normalized spacial score (nSPS) is 17.4. The van der Waals surface area contributed by atoms with Gasteiger partial charge in [-0.2, -0.15) is 0 Å². The highest BCUT2D eigenvalue weighted by molar-refractivity contribution is 6.20. The van der Waals surface area contributed by atoms with Crippen molar-refractivity contribution in [3.63, 3.8) is 0 Å². The number of halogens is 1. The smallest absolute Gasteiger partial charge is 0.280 e. The Morgan fingerprint density at radius 2 is 1.78 bits per heavy atom. The van der Waals surface area contributed by atoms with Crippen LogP contribution >= 0.6 is 0 Å². The molecular formula is C20H18FN3O3.